The van der Waals surface area contributed by atoms with Crippen molar-refractivity contribution < 1.29 is 9.52 Å². The standard InChI is InChI=1S/C7H9N3O2/c1-9-10-4-2-7(11)12-5(4)3-6(10)8/h2-3,9,11H,8H2,1H3. The molecule has 2 heterocycles. The second kappa shape index (κ2) is 2.10. The predicted molar refractivity (Wildman–Crippen MR) is 45.6 cm³/mol. The summed E-state index contributed by atoms with van der Waals surface area (Å²) in [6, 6.07) is 3.15. The fourth-order valence-electron chi connectivity index (χ4n) is 1.25. The Morgan fingerprint density at radius 3 is 3.00 bits per heavy atom. The van der Waals surface area contributed by atoms with Crippen LogP contribution < -0.4 is 11.2 Å². The molecule has 0 bridgehead atoms. The summed E-state index contributed by atoms with van der Waals surface area (Å²) in [7, 11) is 1.74. The van der Waals surface area contributed by atoms with E-state index in [0.717, 1.165) is 5.52 Å². The van der Waals surface area contributed by atoms with E-state index in [2.05, 4.69) is 5.43 Å². The number of aromatic nitrogens is 1. The van der Waals surface area contributed by atoms with Gasteiger partial charge in [0, 0.05) is 19.2 Å². The number of nitrogen functional groups attached to an aromatic ring is 1. The molecule has 0 aliphatic carbocycles. The van der Waals surface area contributed by atoms with E-state index >= 15 is 0 Å². The van der Waals surface area contributed by atoms with Crippen molar-refractivity contribution >= 4 is 16.9 Å². The van der Waals surface area contributed by atoms with Gasteiger partial charge < -0.3 is 20.7 Å². The molecule has 0 aliphatic rings. The van der Waals surface area contributed by atoms with Crippen LogP contribution in [0.4, 0.5) is 5.82 Å². The van der Waals surface area contributed by atoms with Crippen molar-refractivity contribution in [3.63, 3.8) is 0 Å². The van der Waals surface area contributed by atoms with Gasteiger partial charge in [-0.2, -0.15) is 0 Å². The summed E-state index contributed by atoms with van der Waals surface area (Å²) in [5, 5.41) is 9.01. The van der Waals surface area contributed by atoms with Crippen LogP contribution in [0.2, 0.25) is 0 Å². The topological polar surface area (TPSA) is 76.4 Å². The minimum atomic E-state index is -0.107. The predicted octanol–water partition coefficient (Wildman–Crippen LogP) is 0.695. The highest BCUT2D eigenvalue weighted by atomic mass is 16.5. The highest BCUT2D eigenvalue weighted by Crippen LogP contribution is 2.27. The molecule has 2 aromatic heterocycles. The van der Waals surface area contributed by atoms with Crippen LogP contribution in [-0.2, 0) is 0 Å². The van der Waals surface area contributed by atoms with Crippen LogP contribution in [0.15, 0.2) is 16.5 Å². The molecule has 0 atom stereocenters. The Morgan fingerprint density at radius 1 is 1.58 bits per heavy atom. The zero-order valence-corrected chi connectivity index (χ0v) is 6.53. The number of aromatic hydroxyl groups is 1. The van der Waals surface area contributed by atoms with Crippen molar-refractivity contribution in [2.24, 2.45) is 0 Å². The van der Waals surface area contributed by atoms with E-state index in [-0.39, 0.29) is 5.95 Å². The number of rotatable bonds is 1. The van der Waals surface area contributed by atoms with Gasteiger partial charge in [-0.15, -0.1) is 0 Å². The van der Waals surface area contributed by atoms with Gasteiger partial charge in [0.1, 0.15) is 11.3 Å². The average Bonchev–Trinajstić information content (AvgIpc) is 2.43. The molecule has 0 saturated heterocycles. The van der Waals surface area contributed by atoms with E-state index in [1.807, 2.05) is 0 Å². The van der Waals surface area contributed by atoms with E-state index in [9.17, 15) is 0 Å². The lowest BCUT2D eigenvalue weighted by Crippen LogP contribution is -2.10. The van der Waals surface area contributed by atoms with Crippen LogP contribution in [0.25, 0.3) is 11.1 Å². The minimum Gasteiger partial charge on any atom is -0.481 e. The fraction of sp³-hybridized carbons (Fsp3) is 0.143. The van der Waals surface area contributed by atoms with Gasteiger partial charge in [0.05, 0.1) is 0 Å². The van der Waals surface area contributed by atoms with E-state index in [4.69, 9.17) is 15.3 Å². The van der Waals surface area contributed by atoms with Crippen LogP contribution >= 0.6 is 0 Å². The molecule has 0 spiro atoms. The Labute approximate surface area is 68.3 Å². The van der Waals surface area contributed by atoms with Gasteiger partial charge in [-0.1, -0.05) is 0 Å². The Kier molecular flexibility index (Phi) is 1.21. The number of anilines is 1. The summed E-state index contributed by atoms with van der Waals surface area (Å²) < 4.78 is 6.57. The first kappa shape index (κ1) is 6.90. The van der Waals surface area contributed by atoms with Gasteiger partial charge in [0.25, 0.3) is 5.95 Å². The summed E-state index contributed by atoms with van der Waals surface area (Å²) in [6.45, 7) is 0. The lowest BCUT2D eigenvalue weighted by molar-refractivity contribution is 0.346. The maximum absolute atomic E-state index is 9.01. The third kappa shape index (κ3) is 0.730. The molecule has 4 N–H and O–H groups in total. The normalized spacial score (nSPS) is 10.8. The minimum absolute atomic E-state index is 0.107. The molecule has 0 unspecified atom stereocenters. The van der Waals surface area contributed by atoms with Crippen LogP contribution in [0, 0.1) is 0 Å². The average molecular weight is 167 g/mol. The highest BCUT2D eigenvalue weighted by molar-refractivity contribution is 5.80. The lowest BCUT2D eigenvalue weighted by Gasteiger charge is -2.02. The SMILES string of the molecule is CNn1c(N)cc2oc(O)cc21. The molecule has 0 aromatic carbocycles. The number of nitrogens with one attached hydrogen (secondary N) is 1. The maximum atomic E-state index is 9.01. The highest BCUT2D eigenvalue weighted by Gasteiger charge is 2.09. The van der Waals surface area contributed by atoms with Crippen molar-refractivity contribution in [1.82, 2.24) is 4.68 Å². The van der Waals surface area contributed by atoms with E-state index in [1.165, 1.54) is 6.07 Å². The number of furan rings is 1. The van der Waals surface area contributed by atoms with E-state index in [0.29, 0.717) is 11.4 Å². The molecule has 12 heavy (non-hydrogen) atoms. The second-order valence-corrected chi connectivity index (χ2v) is 2.46. The van der Waals surface area contributed by atoms with Gasteiger partial charge in [-0.3, -0.25) is 0 Å². The van der Waals surface area contributed by atoms with Crippen molar-refractivity contribution in [2.45, 2.75) is 0 Å². The molecule has 5 nitrogen and oxygen atoms in total. The molecule has 0 fully saturated rings. The first-order valence-corrected chi connectivity index (χ1v) is 3.50. The fourth-order valence-corrected chi connectivity index (χ4v) is 1.25. The van der Waals surface area contributed by atoms with Crippen LogP contribution in [0.3, 0.4) is 0 Å². The van der Waals surface area contributed by atoms with Gasteiger partial charge in [0.2, 0.25) is 0 Å². The third-order valence-corrected chi connectivity index (χ3v) is 1.73. The summed E-state index contributed by atoms with van der Waals surface area (Å²) >= 11 is 0. The van der Waals surface area contributed by atoms with Crippen molar-refractivity contribution in [2.75, 3.05) is 18.2 Å². The maximum Gasteiger partial charge on any atom is 0.284 e. The molecule has 2 rings (SSSR count). The first-order valence-electron chi connectivity index (χ1n) is 3.50. The molecule has 2 aromatic rings. The van der Waals surface area contributed by atoms with Crippen LogP contribution in [-0.4, -0.2) is 16.8 Å². The summed E-state index contributed by atoms with van der Waals surface area (Å²) in [4.78, 5) is 0. The number of nitrogens with zero attached hydrogens (tertiary/aromatic N) is 1. The number of fused-ring (bicyclic) bond motifs is 1. The number of hydrogen-bond acceptors (Lipinski definition) is 4. The summed E-state index contributed by atoms with van der Waals surface area (Å²) in [5.41, 5.74) is 9.77. The number of hydrogen-bond donors (Lipinski definition) is 3. The van der Waals surface area contributed by atoms with Crippen LogP contribution in [0.5, 0.6) is 5.95 Å². The molecule has 64 valence electrons. The monoisotopic (exact) mass is 167 g/mol. The van der Waals surface area contributed by atoms with E-state index < -0.39 is 0 Å². The zero-order valence-electron chi connectivity index (χ0n) is 6.53. The molecular weight excluding hydrogens is 158 g/mol. The molecule has 0 aliphatic heterocycles. The Bertz CT molecular complexity index is 415. The Morgan fingerprint density at radius 2 is 2.33 bits per heavy atom. The smallest absolute Gasteiger partial charge is 0.284 e. The van der Waals surface area contributed by atoms with Crippen LogP contribution in [0.1, 0.15) is 0 Å². The van der Waals surface area contributed by atoms with Gasteiger partial charge in [0.15, 0.2) is 5.58 Å². The first-order chi connectivity index (χ1) is 5.72. The molecule has 0 saturated carbocycles. The van der Waals surface area contributed by atoms with Gasteiger partial charge in [-0.25, -0.2) is 4.68 Å². The zero-order chi connectivity index (χ0) is 8.72. The largest absolute Gasteiger partial charge is 0.481 e. The summed E-state index contributed by atoms with van der Waals surface area (Å²) in [5.74, 6) is 0.440. The van der Waals surface area contributed by atoms with Gasteiger partial charge in [-0.05, 0) is 0 Å². The van der Waals surface area contributed by atoms with Crippen molar-refractivity contribution in [1.29, 1.82) is 0 Å². The van der Waals surface area contributed by atoms with Crippen molar-refractivity contribution in [3.05, 3.63) is 12.1 Å². The lowest BCUT2D eigenvalue weighted by atomic mass is 10.5. The molecule has 0 amide bonds. The Balaban J connectivity index is 2.78. The summed E-state index contributed by atoms with van der Waals surface area (Å²) in [6.07, 6.45) is 0. The molecular formula is C7H9N3O2. The second-order valence-electron chi connectivity index (χ2n) is 2.46. The molecule has 5 heteroatoms. The van der Waals surface area contributed by atoms with Gasteiger partial charge >= 0.3 is 0 Å². The van der Waals surface area contributed by atoms with E-state index in [1.54, 1.807) is 17.8 Å². The quantitative estimate of drug-likeness (QED) is 0.584. The van der Waals surface area contributed by atoms with Crippen molar-refractivity contribution in [3.8, 4) is 5.95 Å². The Hall–Kier alpha value is -1.78. The molecule has 0 radical (unpaired) electrons. The number of nitrogens with two attached hydrogens (primary N) is 1. The third-order valence-electron chi connectivity index (χ3n) is 1.73.